The molecule has 0 unspecified atom stereocenters. The first-order valence-electron chi connectivity index (χ1n) is 6.59. The van der Waals surface area contributed by atoms with Crippen LogP contribution in [0.2, 0.25) is 0 Å². The van der Waals surface area contributed by atoms with Crippen LogP contribution in [-0.2, 0) is 6.42 Å². The van der Waals surface area contributed by atoms with E-state index in [0.717, 1.165) is 26.7 Å². The van der Waals surface area contributed by atoms with Gasteiger partial charge in [0.15, 0.2) is 0 Å². The van der Waals surface area contributed by atoms with Crippen molar-refractivity contribution >= 4 is 28.8 Å². The lowest BCUT2D eigenvalue weighted by Crippen LogP contribution is -2.01. The smallest absolute Gasteiger partial charge is 0.270 e. The number of hydrogen-bond donors (Lipinski definition) is 1. The zero-order valence-electron chi connectivity index (χ0n) is 11.1. The molecule has 0 aromatic heterocycles. The zero-order chi connectivity index (χ0) is 14.8. The molecule has 1 N–H and O–H groups in total. The second kappa shape index (κ2) is 5.73. The fourth-order valence-electron chi connectivity index (χ4n) is 2.26. The molecule has 0 saturated heterocycles. The largest absolute Gasteiger partial charge is 0.354 e. The molecule has 1 aliphatic heterocycles. The van der Waals surface area contributed by atoms with Gasteiger partial charge in [-0.25, -0.2) is 0 Å². The van der Waals surface area contributed by atoms with Crippen LogP contribution in [0, 0.1) is 10.1 Å². The quantitative estimate of drug-likeness (QED) is 0.560. The number of benzene rings is 2. The molecular formula is C15H13FN2O2S. The van der Waals surface area contributed by atoms with Crippen LogP contribution in [0.25, 0.3) is 0 Å². The predicted molar refractivity (Wildman–Crippen MR) is 81.2 cm³/mol. The van der Waals surface area contributed by atoms with E-state index in [-0.39, 0.29) is 12.4 Å². The molecule has 2 aromatic carbocycles. The van der Waals surface area contributed by atoms with Crippen LogP contribution in [0.4, 0.5) is 21.5 Å². The molecule has 0 bridgehead atoms. The van der Waals surface area contributed by atoms with E-state index in [2.05, 4.69) is 5.32 Å². The molecule has 1 heterocycles. The third kappa shape index (κ3) is 2.85. The van der Waals surface area contributed by atoms with Gasteiger partial charge in [-0.2, -0.15) is 0 Å². The molecule has 0 spiro atoms. The van der Waals surface area contributed by atoms with E-state index in [1.807, 2.05) is 18.2 Å². The topological polar surface area (TPSA) is 55.2 Å². The minimum absolute atomic E-state index is 0.0834. The molecule has 0 fully saturated rings. The van der Waals surface area contributed by atoms with Gasteiger partial charge in [0.1, 0.15) is 0 Å². The number of hydrogen-bond acceptors (Lipinski definition) is 4. The predicted octanol–water partition coefficient (Wildman–Crippen LogP) is 4.71. The van der Waals surface area contributed by atoms with Crippen LogP contribution in [0.1, 0.15) is 12.0 Å². The Morgan fingerprint density at radius 3 is 2.57 bits per heavy atom. The fourth-order valence-corrected chi connectivity index (χ4v) is 3.34. The number of fused-ring (bicyclic) bond motifs is 2. The van der Waals surface area contributed by atoms with Gasteiger partial charge in [-0.1, -0.05) is 17.8 Å². The SMILES string of the molecule is O=[N+]([O-])c1ccc2c(c1)Sc1cc(CCCF)ccc1N2. The first-order valence-corrected chi connectivity index (χ1v) is 7.41. The summed E-state index contributed by atoms with van der Waals surface area (Å²) in [4.78, 5) is 12.3. The van der Waals surface area contributed by atoms with E-state index >= 15 is 0 Å². The number of nitro groups is 1. The van der Waals surface area contributed by atoms with Crippen molar-refractivity contribution in [2.24, 2.45) is 0 Å². The molecule has 1 aliphatic rings. The van der Waals surface area contributed by atoms with Crippen LogP contribution >= 0.6 is 11.8 Å². The maximum absolute atomic E-state index is 12.3. The summed E-state index contributed by atoms with van der Waals surface area (Å²) in [6, 6.07) is 10.8. The number of nitro benzene ring substituents is 1. The normalized spacial score (nSPS) is 12.2. The number of aryl methyl sites for hydroxylation is 1. The van der Waals surface area contributed by atoms with Crippen LogP contribution < -0.4 is 5.32 Å². The maximum Gasteiger partial charge on any atom is 0.270 e. The molecule has 4 nitrogen and oxygen atoms in total. The van der Waals surface area contributed by atoms with Gasteiger partial charge in [-0.05, 0) is 36.6 Å². The third-order valence-electron chi connectivity index (χ3n) is 3.31. The highest BCUT2D eigenvalue weighted by atomic mass is 32.2. The van der Waals surface area contributed by atoms with Gasteiger partial charge in [-0.15, -0.1) is 0 Å². The number of alkyl halides is 1. The second-order valence-corrected chi connectivity index (χ2v) is 5.87. The van der Waals surface area contributed by atoms with Gasteiger partial charge < -0.3 is 5.32 Å². The average molecular weight is 304 g/mol. The lowest BCUT2D eigenvalue weighted by molar-refractivity contribution is -0.385. The summed E-state index contributed by atoms with van der Waals surface area (Å²) in [5.41, 5.74) is 3.01. The minimum Gasteiger partial charge on any atom is -0.354 e. The lowest BCUT2D eigenvalue weighted by atomic mass is 10.1. The number of rotatable bonds is 4. The van der Waals surface area contributed by atoms with E-state index in [9.17, 15) is 14.5 Å². The summed E-state index contributed by atoms with van der Waals surface area (Å²) in [5.74, 6) is 0. The molecule has 0 aliphatic carbocycles. The Labute approximate surface area is 125 Å². The molecule has 21 heavy (non-hydrogen) atoms. The van der Waals surface area contributed by atoms with Crippen molar-refractivity contribution in [3.8, 4) is 0 Å². The highest BCUT2D eigenvalue weighted by molar-refractivity contribution is 7.99. The Bertz CT molecular complexity index is 706. The Balaban J connectivity index is 1.90. The monoisotopic (exact) mass is 304 g/mol. The first kappa shape index (κ1) is 13.9. The summed E-state index contributed by atoms with van der Waals surface area (Å²) in [5, 5.41) is 14.1. The molecule has 6 heteroatoms. The second-order valence-electron chi connectivity index (χ2n) is 4.79. The lowest BCUT2D eigenvalue weighted by Gasteiger charge is -2.21. The van der Waals surface area contributed by atoms with Crippen molar-refractivity contribution in [2.45, 2.75) is 22.6 Å². The number of halogens is 1. The number of nitrogens with one attached hydrogen (secondary N) is 1. The van der Waals surface area contributed by atoms with Gasteiger partial charge in [-0.3, -0.25) is 14.5 Å². The van der Waals surface area contributed by atoms with Gasteiger partial charge in [0.05, 0.1) is 23.0 Å². The Hall–Kier alpha value is -2.08. The summed E-state index contributed by atoms with van der Waals surface area (Å²) >= 11 is 1.50. The molecular weight excluding hydrogens is 291 g/mol. The van der Waals surface area contributed by atoms with Crippen LogP contribution in [-0.4, -0.2) is 11.6 Å². The van der Waals surface area contributed by atoms with Crippen LogP contribution in [0.3, 0.4) is 0 Å². The molecule has 108 valence electrons. The third-order valence-corrected chi connectivity index (χ3v) is 4.43. The van der Waals surface area contributed by atoms with E-state index < -0.39 is 4.92 Å². The summed E-state index contributed by atoms with van der Waals surface area (Å²) in [6.45, 7) is -0.322. The van der Waals surface area contributed by atoms with Crippen molar-refractivity contribution in [1.82, 2.24) is 0 Å². The average Bonchev–Trinajstić information content (AvgIpc) is 2.50. The van der Waals surface area contributed by atoms with E-state index in [0.29, 0.717) is 12.8 Å². The highest BCUT2D eigenvalue weighted by Crippen LogP contribution is 2.45. The molecule has 0 radical (unpaired) electrons. The van der Waals surface area contributed by atoms with Crippen LogP contribution in [0.15, 0.2) is 46.2 Å². The van der Waals surface area contributed by atoms with Crippen LogP contribution in [0.5, 0.6) is 0 Å². The number of non-ortho nitro benzene ring substituents is 1. The molecule has 0 saturated carbocycles. The fraction of sp³-hybridized carbons (Fsp3) is 0.200. The summed E-state index contributed by atoms with van der Waals surface area (Å²) in [6.07, 6.45) is 1.21. The minimum atomic E-state index is -0.395. The van der Waals surface area contributed by atoms with Crippen molar-refractivity contribution in [2.75, 3.05) is 12.0 Å². The number of anilines is 2. The summed E-state index contributed by atoms with van der Waals surface area (Å²) in [7, 11) is 0. The van der Waals surface area contributed by atoms with E-state index in [1.54, 1.807) is 12.1 Å². The van der Waals surface area contributed by atoms with Gasteiger partial charge in [0, 0.05) is 21.9 Å². The van der Waals surface area contributed by atoms with Gasteiger partial charge >= 0.3 is 0 Å². The van der Waals surface area contributed by atoms with Crippen molar-refractivity contribution in [3.05, 3.63) is 52.1 Å². The van der Waals surface area contributed by atoms with Crippen molar-refractivity contribution in [3.63, 3.8) is 0 Å². The number of nitrogens with zero attached hydrogens (tertiary/aromatic N) is 1. The van der Waals surface area contributed by atoms with Gasteiger partial charge in [0.25, 0.3) is 5.69 Å². The van der Waals surface area contributed by atoms with Crippen molar-refractivity contribution in [1.29, 1.82) is 0 Å². The van der Waals surface area contributed by atoms with E-state index in [4.69, 9.17) is 0 Å². The standard InChI is InChI=1S/C15H13FN2O2S/c16-7-1-2-10-3-5-12-14(8-10)21-15-9-11(18(19)20)4-6-13(15)17-12/h3-6,8-9,17H,1-2,7H2. The molecule has 0 amide bonds. The van der Waals surface area contributed by atoms with Crippen molar-refractivity contribution < 1.29 is 9.31 Å². The van der Waals surface area contributed by atoms with E-state index in [1.165, 1.54) is 17.8 Å². The molecule has 0 atom stereocenters. The summed E-state index contributed by atoms with van der Waals surface area (Å²) < 4.78 is 12.3. The van der Waals surface area contributed by atoms with Gasteiger partial charge in [0.2, 0.25) is 0 Å². The maximum atomic E-state index is 12.3. The Kier molecular flexibility index (Phi) is 3.79. The molecule has 3 rings (SSSR count). The Morgan fingerprint density at radius 2 is 1.86 bits per heavy atom. The molecule has 2 aromatic rings. The zero-order valence-corrected chi connectivity index (χ0v) is 12.0. The Morgan fingerprint density at radius 1 is 1.14 bits per heavy atom. The highest BCUT2D eigenvalue weighted by Gasteiger charge is 2.19. The first-order chi connectivity index (χ1) is 10.2.